The summed E-state index contributed by atoms with van der Waals surface area (Å²) in [5, 5.41) is 0. The number of carbonyl (C=O) groups excluding carboxylic acids is 1. The lowest BCUT2D eigenvalue weighted by atomic mass is 9.75. The molecule has 1 aliphatic carbocycles. The molecule has 0 spiro atoms. The first-order chi connectivity index (χ1) is 10.5. The third-order valence-corrected chi connectivity index (χ3v) is 4.17. The van der Waals surface area contributed by atoms with Gasteiger partial charge in [0.1, 0.15) is 5.69 Å². The van der Waals surface area contributed by atoms with Crippen LogP contribution in [-0.2, 0) is 6.42 Å². The zero-order valence-electron chi connectivity index (χ0n) is 13.2. The maximum absolute atomic E-state index is 12.4. The van der Waals surface area contributed by atoms with Crippen molar-refractivity contribution >= 4 is 5.78 Å². The summed E-state index contributed by atoms with van der Waals surface area (Å²) in [5.74, 6) is 6.43. The number of hydrogen-bond acceptors (Lipinski definition) is 2. The van der Waals surface area contributed by atoms with Crippen molar-refractivity contribution in [3.8, 4) is 11.8 Å². The fraction of sp³-hybridized carbons (Fsp3) is 0.300. The van der Waals surface area contributed by atoms with Crippen molar-refractivity contribution in [2.75, 3.05) is 0 Å². The monoisotopic (exact) mass is 289 g/mol. The van der Waals surface area contributed by atoms with Crippen molar-refractivity contribution in [2.45, 2.75) is 33.6 Å². The normalized spacial score (nSPS) is 15.7. The largest absolute Gasteiger partial charge is 0.294 e. The average Bonchev–Trinajstić information content (AvgIpc) is 2.49. The Morgan fingerprint density at radius 3 is 2.73 bits per heavy atom. The molecule has 1 heterocycles. The highest BCUT2D eigenvalue weighted by atomic mass is 16.1. The Hall–Kier alpha value is -2.40. The first kappa shape index (κ1) is 14.5. The number of benzene rings is 1. The smallest absolute Gasteiger partial charge is 0.170 e. The Kier molecular flexibility index (Phi) is 3.58. The molecule has 0 saturated carbocycles. The fourth-order valence-electron chi connectivity index (χ4n) is 2.74. The molecular formula is C20H19NO. The van der Waals surface area contributed by atoms with E-state index in [1.54, 1.807) is 0 Å². The number of hydrogen-bond donors (Lipinski definition) is 0. The first-order valence-electron chi connectivity index (χ1n) is 7.59. The number of aromatic nitrogens is 1. The number of nitrogens with zero attached hydrogens (tertiary/aromatic N) is 1. The molecule has 0 N–H and O–H groups in total. The molecule has 1 aromatic heterocycles. The molecule has 1 aromatic carbocycles. The van der Waals surface area contributed by atoms with Gasteiger partial charge in [-0.2, -0.15) is 0 Å². The number of pyridine rings is 1. The van der Waals surface area contributed by atoms with E-state index in [1.807, 2.05) is 38.1 Å². The second kappa shape index (κ2) is 5.42. The van der Waals surface area contributed by atoms with Gasteiger partial charge >= 0.3 is 0 Å². The zero-order valence-corrected chi connectivity index (χ0v) is 13.2. The Bertz CT molecular complexity index is 806. The number of fused-ring (bicyclic) bond motifs is 1. The molecule has 2 aromatic rings. The topological polar surface area (TPSA) is 30.0 Å². The second-order valence-electron chi connectivity index (χ2n) is 6.52. The Morgan fingerprint density at radius 1 is 1.14 bits per heavy atom. The maximum Gasteiger partial charge on any atom is 0.170 e. The van der Waals surface area contributed by atoms with E-state index >= 15 is 0 Å². The summed E-state index contributed by atoms with van der Waals surface area (Å²) in [6.07, 6.45) is 1.69. The molecule has 110 valence electrons. The van der Waals surface area contributed by atoms with E-state index in [4.69, 9.17) is 0 Å². The van der Waals surface area contributed by atoms with Crippen LogP contribution in [0.3, 0.4) is 0 Å². The van der Waals surface area contributed by atoms with Gasteiger partial charge < -0.3 is 0 Å². The van der Waals surface area contributed by atoms with Crippen LogP contribution >= 0.6 is 0 Å². The van der Waals surface area contributed by atoms with Gasteiger partial charge in [-0.25, -0.2) is 4.98 Å². The van der Waals surface area contributed by atoms with Crippen LogP contribution in [0.2, 0.25) is 0 Å². The third-order valence-electron chi connectivity index (χ3n) is 4.17. The summed E-state index contributed by atoms with van der Waals surface area (Å²) in [6, 6.07) is 11.8. The van der Waals surface area contributed by atoms with E-state index in [2.05, 4.69) is 35.9 Å². The maximum atomic E-state index is 12.4. The predicted octanol–water partition coefficient (Wildman–Crippen LogP) is 3.94. The summed E-state index contributed by atoms with van der Waals surface area (Å²) in [4.78, 5) is 17.0. The first-order valence-corrected chi connectivity index (χ1v) is 7.59. The molecule has 3 rings (SSSR count). The molecular weight excluding hydrogens is 270 g/mol. The van der Waals surface area contributed by atoms with Gasteiger partial charge in [-0.1, -0.05) is 31.9 Å². The summed E-state index contributed by atoms with van der Waals surface area (Å²) >= 11 is 0. The van der Waals surface area contributed by atoms with Crippen molar-refractivity contribution in [1.82, 2.24) is 4.98 Å². The molecule has 0 radical (unpaired) electrons. The lowest BCUT2D eigenvalue weighted by molar-refractivity contribution is 0.0809. The highest BCUT2D eigenvalue weighted by Gasteiger charge is 2.34. The molecule has 0 atom stereocenters. The van der Waals surface area contributed by atoms with Gasteiger partial charge in [0.05, 0.1) is 5.69 Å². The summed E-state index contributed by atoms with van der Waals surface area (Å²) in [7, 11) is 0. The second-order valence-corrected chi connectivity index (χ2v) is 6.52. The van der Waals surface area contributed by atoms with Crippen LogP contribution in [0.15, 0.2) is 36.4 Å². The van der Waals surface area contributed by atoms with E-state index in [1.165, 1.54) is 5.56 Å². The van der Waals surface area contributed by atoms with Gasteiger partial charge in [0, 0.05) is 16.5 Å². The van der Waals surface area contributed by atoms with Crippen molar-refractivity contribution in [2.24, 2.45) is 5.41 Å². The van der Waals surface area contributed by atoms with Crippen LogP contribution in [0.5, 0.6) is 0 Å². The van der Waals surface area contributed by atoms with Crippen molar-refractivity contribution < 1.29 is 4.79 Å². The number of Topliss-reactive ketones (excluding diaryl/α,β-unsaturated/α-hetero) is 1. The van der Waals surface area contributed by atoms with Crippen LogP contribution < -0.4 is 0 Å². The molecule has 0 unspecified atom stereocenters. The van der Waals surface area contributed by atoms with E-state index in [0.717, 1.165) is 35.4 Å². The number of aryl methyl sites for hydroxylation is 2. The molecule has 0 amide bonds. The van der Waals surface area contributed by atoms with Crippen molar-refractivity contribution in [1.29, 1.82) is 0 Å². The Labute approximate surface area is 131 Å². The average molecular weight is 289 g/mol. The number of ketones is 1. The third kappa shape index (κ3) is 2.80. The molecule has 0 bridgehead atoms. The van der Waals surface area contributed by atoms with Crippen molar-refractivity contribution in [3.63, 3.8) is 0 Å². The van der Waals surface area contributed by atoms with Gasteiger partial charge in [-0.3, -0.25) is 4.79 Å². The lowest BCUT2D eigenvalue weighted by Gasteiger charge is -2.28. The van der Waals surface area contributed by atoms with Crippen molar-refractivity contribution in [3.05, 3.63) is 64.5 Å². The predicted molar refractivity (Wildman–Crippen MR) is 87.8 cm³/mol. The quantitative estimate of drug-likeness (QED) is 0.687. The minimum atomic E-state index is -0.274. The standard InChI is InChI=1S/C20H19NO/c1-14-5-4-6-15(13-14)7-8-16-9-10-17-18(21-16)11-12-20(2,3)19(17)22/h4-6,9-10,13H,11-12H2,1-3H3. The van der Waals surface area contributed by atoms with Crippen LogP contribution in [0.25, 0.3) is 0 Å². The number of rotatable bonds is 0. The van der Waals surface area contributed by atoms with Gasteiger partial charge in [0.15, 0.2) is 5.78 Å². The summed E-state index contributed by atoms with van der Waals surface area (Å²) in [5.41, 5.74) is 4.28. The molecule has 0 aliphatic heterocycles. The van der Waals surface area contributed by atoms with Crippen LogP contribution in [-0.4, -0.2) is 10.8 Å². The molecule has 0 saturated heterocycles. The van der Waals surface area contributed by atoms with Gasteiger partial charge in [0.2, 0.25) is 0 Å². The molecule has 22 heavy (non-hydrogen) atoms. The Morgan fingerprint density at radius 2 is 1.95 bits per heavy atom. The molecule has 2 nitrogen and oxygen atoms in total. The molecule has 1 aliphatic rings. The minimum absolute atomic E-state index is 0.194. The van der Waals surface area contributed by atoms with Crippen LogP contribution in [0.1, 0.15) is 53.1 Å². The Balaban J connectivity index is 1.91. The fourth-order valence-corrected chi connectivity index (χ4v) is 2.74. The molecule has 0 fully saturated rings. The molecule has 2 heteroatoms. The summed E-state index contributed by atoms with van der Waals surface area (Å²) in [6.45, 7) is 6.06. The van der Waals surface area contributed by atoms with Gasteiger partial charge in [0.25, 0.3) is 0 Å². The zero-order chi connectivity index (χ0) is 15.7. The summed E-state index contributed by atoms with van der Waals surface area (Å²) < 4.78 is 0. The highest BCUT2D eigenvalue weighted by Crippen LogP contribution is 2.33. The van der Waals surface area contributed by atoms with E-state index < -0.39 is 0 Å². The van der Waals surface area contributed by atoms with E-state index in [9.17, 15) is 4.79 Å². The van der Waals surface area contributed by atoms with Gasteiger partial charge in [-0.05, 0) is 55.5 Å². The highest BCUT2D eigenvalue weighted by molar-refractivity contribution is 6.01. The van der Waals surface area contributed by atoms with Crippen LogP contribution in [0, 0.1) is 24.2 Å². The van der Waals surface area contributed by atoms with Crippen LogP contribution in [0.4, 0.5) is 0 Å². The lowest BCUT2D eigenvalue weighted by Crippen LogP contribution is -2.31. The number of carbonyl (C=O) groups is 1. The van der Waals surface area contributed by atoms with E-state index in [-0.39, 0.29) is 11.2 Å². The SMILES string of the molecule is Cc1cccc(C#Cc2ccc3c(n2)CCC(C)(C)C3=O)c1. The minimum Gasteiger partial charge on any atom is -0.294 e. The van der Waals surface area contributed by atoms with Gasteiger partial charge in [-0.15, -0.1) is 0 Å². The van der Waals surface area contributed by atoms with E-state index in [0.29, 0.717) is 0 Å².